The molecule has 0 saturated heterocycles. The smallest absolute Gasteiger partial charge is 0.0266 e. The Morgan fingerprint density at radius 1 is 1.14 bits per heavy atom. The second-order valence-electron chi connectivity index (χ2n) is 5.25. The first-order valence-electron chi connectivity index (χ1n) is 5.80. The molecule has 0 rings (SSSR count). The van der Waals surface area contributed by atoms with Crippen LogP contribution in [0.3, 0.4) is 0 Å². The molecule has 1 unspecified atom stereocenters. The molecular weight excluding hydrogens is 172 g/mol. The zero-order valence-corrected chi connectivity index (χ0v) is 10.8. The summed E-state index contributed by atoms with van der Waals surface area (Å²) in [4.78, 5) is 2.46. The lowest BCUT2D eigenvalue weighted by Crippen LogP contribution is -2.50. The number of hydrogen-bond donors (Lipinski definition) is 1. The predicted octanol–water partition coefficient (Wildman–Crippen LogP) is 2.48. The van der Waals surface area contributed by atoms with Crippen molar-refractivity contribution >= 4 is 0 Å². The molecule has 86 valence electrons. The van der Waals surface area contributed by atoms with Crippen LogP contribution in [0.4, 0.5) is 0 Å². The monoisotopic (exact) mass is 200 g/mol. The van der Waals surface area contributed by atoms with Crippen LogP contribution in [0.15, 0.2) is 0 Å². The molecular formula is C12H28N2. The number of rotatable bonds is 5. The molecule has 0 spiro atoms. The van der Waals surface area contributed by atoms with Crippen molar-refractivity contribution in [2.75, 3.05) is 13.6 Å². The van der Waals surface area contributed by atoms with Gasteiger partial charge in [-0.1, -0.05) is 34.6 Å². The zero-order chi connectivity index (χ0) is 11.4. The van der Waals surface area contributed by atoms with E-state index in [4.69, 9.17) is 5.73 Å². The van der Waals surface area contributed by atoms with Crippen molar-refractivity contribution in [3.63, 3.8) is 0 Å². The Balaban J connectivity index is 4.52. The molecule has 2 nitrogen and oxygen atoms in total. The Hall–Kier alpha value is -0.0800. The van der Waals surface area contributed by atoms with Gasteiger partial charge in [0, 0.05) is 18.6 Å². The molecule has 0 radical (unpaired) electrons. The average molecular weight is 200 g/mol. The fraction of sp³-hybridized carbons (Fsp3) is 1.00. The van der Waals surface area contributed by atoms with Crippen molar-refractivity contribution < 1.29 is 0 Å². The van der Waals surface area contributed by atoms with E-state index in [1.807, 2.05) is 0 Å². The third-order valence-electron chi connectivity index (χ3n) is 3.23. The third-order valence-corrected chi connectivity index (χ3v) is 3.23. The second kappa shape index (κ2) is 5.72. The minimum atomic E-state index is 0.270. The van der Waals surface area contributed by atoms with Crippen LogP contribution in [0.1, 0.15) is 47.5 Å². The predicted molar refractivity (Wildman–Crippen MR) is 64.4 cm³/mol. The summed E-state index contributed by atoms with van der Waals surface area (Å²) in [6.07, 6.45) is 2.42. The Morgan fingerprint density at radius 2 is 1.57 bits per heavy atom. The summed E-state index contributed by atoms with van der Waals surface area (Å²) in [5, 5.41) is 0. The molecule has 0 fully saturated rings. The second-order valence-corrected chi connectivity index (χ2v) is 5.25. The average Bonchev–Trinajstić information content (AvgIpc) is 2.05. The van der Waals surface area contributed by atoms with Crippen molar-refractivity contribution in [3.8, 4) is 0 Å². The third kappa shape index (κ3) is 3.58. The van der Waals surface area contributed by atoms with Gasteiger partial charge in [0.2, 0.25) is 0 Å². The summed E-state index contributed by atoms with van der Waals surface area (Å²) in [5.74, 6) is 0. The Bertz CT molecular complexity index is 145. The van der Waals surface area contributed by atoms with Crippen molar-refractivity contribution in [1.29, 1.82) is 0 Å². The van der Waals surface area contributed by atoms with Gasteiger partial charge in [0.25, 0.3) is 0 Å². The van der Waals surface area contributed by atoms with Gasteiger partial charge in [0.15, 0.2) is 0 Å². The lowest BCUT2D eigenvalue weighted by Gasteiger charge is -2.41. The highest BCUT2D eigenvalue weighted by Gasteiger charge is 2.29. The maximum atomic E-state index is 5.87. The molecule has 0 heterocycles. The highest BCUT2D eigenvalue weighted by Crippen LogP contribution is 2.25. The summed E-state index contributed by atoms with van der Waals surface area (Å²) >= 11 is 0. The van der Waals surface area contributed by atoms with Crippen LogP contribution in [-0.2, 0) is 0 Å². The lowest BCUT2D eigenvalue weighted by molar-refractivity contribution is 0.0855. The molecule has 1 atom stereocenters. The SMILES string of the molecule is CCC(CC)N(C)C(CN)C(C)(C)C. The van der Waals surface area contributed by atoms with Gasteiger partial charge in [-0.05, 0) is 25.3 Å². The molecule has 14 heavy (non-hydrogen) atoms. The molecule has 0 bridgehead atoms. The summed E-state index contributed by atoms with van der Waals surface area (Å²) in [6, 6.07) is 1.15. The fourth-order valence-corrected chi connectivity index (χ4v) is 2.25. The van der Waals surface area contributed by atoms with E-state index in [-0.39, 0.29) is 5.41 Å². The van der Waals surface area contributed by atoms with Crippen LogP contribution >= 0.6 is 0 Å². The fourth-order valence-electron chi connectivity index (χ4n) is 2.25. The quantitative estimate of drug-likeness (QED) is 0.739. The van der Waals surface area contributed by atoms with Crippen LogP contribution in [0.5, 0.6) is 0 Å². The Kier molecular flexibility index (Phi) is 5.68. The number of likely N-dealkylation sites (N-methyl/N-ethyl adjacent to an activating group) is 1. The van der Waals surface area contributed by atoms with Gasteiger partial charge >= 0.3 is 0 Å². The van der Waals surface area contributed by atoms with Crippen molar-refractivity contribution in [2.24, 2.45) is 11.1 Å². The first-order chi connectivity index (χ1) is 6.38. The molecule has 0 aromatic carbocycles. The molecule has 0 amide bonds. The number of nitrogens with zero attached hydrogens (tertiary/aromatic N) is 1. The highest BCUT2D eigenvalue weighted by atomic mass is 15.2. The summed E-state index contributed by atoms with van der Waals surface area (Å²) in [5.41, 5.74) is 6.14. The maximum Gasteiger partial charge on any atom is 0.0266 e. The van der Waals surface area contributed by atoms with E-state index in [1.165, 1.54) is 12.8 Å². The minimum absolute atomic E-state index is 0.270. The van der Waals surface area contributed by atoms with Crippen molar-refractivity contribution in [3.05, 3.63) is 0 Å². The van der Waals surface area contributed by atoms with Crippen LogP contribution in [0, 0.1) is 5.41 Å². The first-order valence-corrected chi connectivity index (χ1v) is 5.80. The van der Waals surface area contributed by atoms with Crippen LogP contribution in [0.2, 0.25) is 0 Å². The van der Waals surface area contributed by atoms with Gasteiger partial charge in [-0.2, -0.15) is 0 Å². The van der Waals surface area contributed by atoms with E-state index in [9.17, 15) is 0 Å². The standard InChI is InChI=1S/C12H28N2/c1-7-10(8-2)14(6)11(9-13)12(3,4)5/h10-11H,7-9,13H2,1-6H3. The summed E-state index contributed by atoms with van der Waals surface area (Å²) < 4.78 is 0. The summed E-state index contributed by atoms with van der Waals surface area (Å²) in [6.45, 7) is 12.1. The molecule has 0 aliphatic rings. The van der Waals surface area contributed by atoms with E-state index in [2.05, 4.69) is 46.6 Å². The molecule has 0 aliphatic carbocycles. The topological polar surface area (TPSA) is 29.3 Å². The first kappa shape index (κ1) is 13.9. The van der Waals surface area contributed by atoms with Crippen molar-refractivity contribution in [1.82, 2.24) is 4.90 Å². The number of nitrogens with two attached hydrogens (primary N) is 1. The van der Waals surface area contributed by atoms with Crippen molar-refractivity contribution in [2.45, 2.75) is 59.5 Å². The van der Waals surface area contributed by atoms with E-state index in [1.54, 1.807) is 0 Å². The Morgan fingerprint density at radius 3 is 1.79 bits per heavy atom. The van der Waals surface area contributed by atoms with Crippen LogP contribution in [-0.4, -0.2) is 30.6 Å². The molecule has 2 heteroatoms. The van der Waals surface area contributed by atoms with Gasteiger partial charge in [0.1, 0.15) is 0 Å². The van der Waals surface area contributed by atoms with E-state index in [0.29, 0.717) is 12.1 Å². The summed E-state index contributed by atoms with van der Waals surface area (Å²) in [7, 11) is 2.21. The van der Waals surface area contributed by atoms with Crippen LogP contribution in [0.25, 0.3) is 0 Å². The van der Waals surface area contributed by atoms with E-state index >= 15 is 0 Å². The molecule has 2 N–H and O–H groups in total. The molecule has 0 aromatic rings. The van der Waals surface area contributed by atoms with Crippen LogP contribution < -0.4 is 5.73 Å². The zero-order valence-electron chi connectivity index (χ0n) is 10.8. The molecule has 0 aromatic heterocycles. The van der Waals surface area contributed by atoms with Gasteiger partial charge in [0.05, 0.1) is 0 Å². The largest absolute Gasteiger partial charge is 0.329 e. The number of hydrogen-bond acceptors (Lipinski definition) is 2. The molecule has 0 saturated carbocycles. The minimum Gasteiger partial charge on any atom is -0.329 e. The highest BCUT2D eigenvalue weighted by molar-refractivity contribution is 4.85. The normalized spacial score (nSPS) is 15.2. The van der Waals surface area contributed by atoms with E-state index in [0.717, 1.165) is 6.54 Å². The lowest BCUT2D eigenvalue weighted by atomic mass is 9.85. The Labute approximate surface area is 89.9 Å². The van der Waals surface area contributed by atoms with E-state index < -0.39 is 0 Å². The molecule has 0 aliphatic heterocycles. The van der Waals surface area contributed by atoms with Gasteiger partial charge in [-0.3, -0.25) is 4.90 Å². The van der Waals surface area contributed by atoms with Gasteiger partial charge < -0.3 is 5.73 Å². The van der Waals surface area contributed by atoms with Gasteiger partial charge in [-0.25, -0.2) is 0 Å². The maximum absolute atomic E-state index is 5.87. The van der Waals surface area contributed by atoms with Gasteiger partial charge in [-0.15, -0.1) is 0 Å².